The van der Waals surface area contributed by atoms with Gasteiger partial charge in [-0.1, -0.05) is 38.8 Å². The van der Waals surface area contributed by atoms with Gasteiger partial charge >= 0.3 is 0 Å². The van der Waals surface area contributed by atoms with Gasteiger partial charge in [0.05, 0.1) is 6.61 Å². The first-order chi connectivity index (χ1) is 10.8. The van der Waals surface area contributed by atoms with Crippen molar-refractivity contribution >= 4 is 0 Å². The number of unbranched alkanes of at least 4 members (excludes halogenated alkanes) is 3. The first kappa shape index (κ1) is 17.3. The molecule has 1 saturated heterocycles. The Labute approximate surface area is 136 Å². The summed E-state index contributed by atoms with van der Waals surface area (Å²) in [6.45, 7) is 9.35. The highest BCUT2D eigenvalue weighted by atomic mass is 16.5. The van der Waals surface area contributed by atoms with Crippen LogP contribution in [0.5, 0.6) is 5.75 Å². The minimum absolute atomic E-state index is 0.854. The third kappa shape index (κ3) is 6.39. The number of ether oxygens (including phenoxy) is 1. The summed E-state index contributed by atoms with van der Waals surface area (Å²) in [6.07, 6.45) is 9.03. The average molecular weight is 303 g/mol. The maximum Gasteiger partial charge on any atom is 0.119 e. The molecule has 0 saturated carbocycles. The Morgan fingerprint density at radius 1 is 1.00 bits per heavy atom. The SMILES string of the molecule is CCc1ccc(OCCCCCCN2CCC(C)CC2)cc1. The van der Waals surface area contributed by atoms with Gasteiger partial charge in [-0.15, -0.1) is 0 Å². The summed E-state index contributed by atoms with van der Waals surface area (Å²) >= 11 is 0. The van der Waals surface area contributed by atoms with Crippen molar-refractivity contribution in [3.05, 3.63) is 29.8 Å². The molecule has 2 heteroatoms. The predicted octanol–water partition coefficient (Wildman–Crippen LogP) is 4.92. The molecule has 124 valence electrons. The first-order valence-corrected chi connectivity index (χ1v) is 9.22. The van der Waals surface area contributed by atoms with Crippen molar-refractivity contribution in [3.63, 3.8) is 0 Å². The van der Waals surface area contributed by atoms with Gasteiger partial charge in [-0.3, -0.25) is 0 Å². The van der Waals surface area contributed by atoms with Crippen LogP contribution in [0.15, 0.2) is 24.3 Å². The Morgan fingerprint density at radius 2 is 1.68 bits per heavy atom. The lowest BCUT2D eigenvalue weighted by molar-refractivity contribution is 0.188. The molecular formula is C20H33NO. The topological polar surface area (TPSA) is 12.5 Å². The third-order valence-electron chi connectivity index (χ3n) is 4.85. The van der Waals surface area contributed by atoms with E-state index in [1.54, 1.807) is 0 Å². The molecule has 0 amide bonds. The van der Waals surface area contributed by atoms with Crippen LogP contribution in [0, 0.1) is 5.92 Å². The molecule has 1 heterocycles. The van der Waals surface area contributed by atoms with E-state index in [4.69, 9.17) is 4.74 Å². The first-order valence-electron chi connectivity index (χ1n) is 9.22. The highest BCUT2D eigenvalue weighted by molar-refractivity contribution is 5.27. The van der Waals surface area contributed by atoms with E-state index in [9.17, 15) is 0 Å². The predicted molar refractivity (Wildman–Crippen MR) is 94.6 cm³/mol. The molecule has 0 spiro atoms. The van der Waals surface area contributed by atoms with Gasteiger partial charge in [0.1, 0.15) is 5.75 Å². The third-order valence-corrected chi connectivity index (χ3v) is 4.85. The molecule has 0 aliphatic carbocycles. The fourth-order valence-electron chi connectivity index (χ4n) is 3.09. The number of hydrogen-bond acceptors (Lipinski definition) is 2. The van der Waals surface area contributed by atoms with Gasteiger partial charge in [0.15, 0.2) is 0 Å². The summed E-state index contributed by atoms with van der Waals surface area (Å²) in [4.78, 5) is 2.64. The Morgan fingerprint density at radius 3 is 2.36 bits per heavy atom. The molecule has 1 fully saturated rings. The summed E-state index contributed by atoms with van der Waals surface area (Å²) in [7, 11) is 0. The van der Waals surface area contributed by atoms with Gasteiger partial charge in [0, 0.05) is 0 Å². The summed E-state index contributed by atoms with van der Waals surface area (Å²) in [5, 5.41) is 0. The molecule has 0 atom stereocenters. The lowest BCUT2D eigenvalue weighted by Gasteiger charge is -2.30. The van der Waals surface area contributed by atoms with Crippen molar-refractivity contribution in [2.75, 3.05) is 26.2 Å². The van der Waals surface area contributed by atoms with E-state index in [2.05, 4.69) is 43.0 Å². The van der Waals surface area contributed by atoms with E-state index < -0.39 is 0 Å². The van der Waals surface area contributed by atoms with Crippen LogP contribution in [0.3, 0.4) is 0 Å². The minimum atomic E-state index is 0.854. The van der Waals surface area contributed by atoms with Crippen LogP contribution in [0.4, 0.5) is 0 Å². The van der Waals surface area contributed by atoms with E-state index in [0.29, 0.717) is 0 Å². The number of hydrogen-bond donors (Lipinski definition) is 0. The van der Waals surface area contributed by atoms with Crippen molar-refractivity contribution in [1.82, 2.24) is 4.90 Å². The number of aryl methyl sites for hydroxylation is 1. The van der Waals surface area contributed by atoms with Gasteiger partial charge < -0.3 is 9.64 Å². The van der Waals surface area contributed by atoms with E-state index in [-0.39, 0.29) is 0 Å². The Hall–Kier alpha value is -1.02. The maximum absolute atomic E-state index is 5.80. The highest BCUT2D eigenvalue weighted by Gasteiger charge is 2.14. The summed E-state index contributed by atoms with van der Waals surface area (Å²) < 4.78 is 5.80. The molecule has 2 rings (SSSR count). The molecule has 0 aromatic heterocycles. The molecule has 0 N–H and O–H groups in total. The molecule has 0 unspecified atom stereocenters. The van der Waals surface area contributed by atoms with E-state index in [1.165, 1.54) is 63.7 Å². The fraction of sp³-hybridized carbons (Fsp3) is 0.700. The van der Waals surface area contributed by atoms with E-state index in [0.717, 1.165) is 24.7 Å². The van der Waals surface area contributed by atoms with Crippen molar-refractivity contribution in [2.45, 2.75) is 58.8 Å². The monoisotopic (exact) mass is 303 g/mol. The molecule has 0 radical (unpaired) electrons. The van der Waals surface area contributed by atoms with Crippen LogP contribution in [-0.2, 0) is 6.42 Å². The second-order valence-electron chi connectivity index (χ2n) is 6.78. The van der Waals surface area contributed by atoms with Gasteiger partial charge in [0.25, 0.3) is 0 Å². The zero-order chi connectivity index (χ0) is 15.6. The molecule has 1 aliphatic rings. The van der Waals surface area contributed by atoms with Crippen molar-refractivity contribution in [2.24, 2.45) is 5.92 Å². The van der Waals surface area contributed by atoms with Crippen LogP contribution in [0.1, 0.15) is 57.9 Å². The summed E-state index contributed by atoms with van der Waals surface area (Å²) in [6, 6.07) is 8.51. The largest absolute Gasteiger partial charge is 0.494 e. The van der Waals surface area contributed by atoms with Crippen LogP contribution in [0.25, 0.3) is 0 Å². The van der Waals surface area contributed by atoms with Crippen molar-refractivity contribution < 1.29 is 4.74 Å². The van der Waals surface area contributed by atoms with Crippen LogP contribution in [0.2, 0.25) is 0 Å². The lowest BCUT2D eigenvalue weighted by atomic mass is 9.99. The number of likely N-dealkylation sites (tertiary alicyclic amines) is 1. The molecular weight excluding hydrogens is 270 g/mol. The van der Waals surface area contributed by atoms with Gasteiger partial charge in [-0.2, -0.15) is 0 Å². The standard InChI is InChI=1S/C20H33NO/c1-3-19-8-10-20(11-9-19)22-17-7-5-4-6-14-21-15-12-18(2)13-16-21/h8-11,18H,3-7,12-17H2,1-2H3. The molecule has 1 aromatic carbocycles. The Bertz CT molecular complexity index is 393. The second kappa shape index (κ2) is 9.89. The van der Waals surface area contributed by atoms with Gasteiger partial charge in [-0.05, 0) is 75.4 Å². The smallest absolute Gasteiger partial charge is 0.119 e. The highest BCUT2D eigenvalue weighted by Crippen LogP contribution is 2.17. The minimum Gasteiger partial charge on any atom is -0.494 e. The average Bonchev–Trinajstić information content (AvgIpc) is 2.56. The van der Waals surface area contributed by atoms with E-state index >= 15 is 0 Å². The van der Waals surface area contributed by atoms with Crippen molar-refractivity contribution in [3.8, 4) is 5.75 Å². The quantitative estimate of drug-likeness (QED) is 0.600. The van der Waals surface area contributed by atoms with E-state index in [1.807, 2.05) is 0 Å². The zero-order valence-corrected chi connectivity index (χ0v) is 14.5. The second-order valence-corrected chi connectivity index (χ2v) is 6.78. The molecule has 1 aliphatic heterocycles. The normalized spacial score (nSPS) is 16.8. The number of nitrogens with zero attached hydrogens (tertiary/aromatic N) is 1. The van der Waals surface area contributed by atoms with Crippen LogP contribution >= 0.6 is 0 Å². The summed E-state index contributed by atoms with van der Waals surface area (Å²) in [5.41, 5.74) is 1.37. The molecule has 2 nitrogen and oxygen atoms in total. The number of benzene rings is 1. The number of piperidine rings is 1. The fourth-order valence-corrected chi connectivity index (χ4v) is 3.09. The Balaban J connectivity index is 1.45. The van der Waals surface area contributed by atoms with Crippen molar-refractivity contribution in [1.29, 1.82) is 0 Å². The zero-order valence-electron chi connectivity index (χ0n) is 14.5. The molecule has 1 aromatic rings. The number of rotatable bonds is 9. The van der Waals surface area contributed by atoms with Crippen LogP contribution in [-0.4, -0.2) is 31.1 Å². The van der Waals surface area contributed by atoms with Crippen LogP contribution < -0.4 is 4.74 Å². The van der Waals surface area contributed by atoms with Gasteiger partial charge in [-0.25, -0.2) is 0 Å². The molecule has 0 bridgehead atoms. The lowest BCUT2D eigenvalue weighted by Crippen LogP contribution is -2.33. The van der Waals surface area contributed by atoms with Gasteiger partial charge in [0.2, 0.25) is 0 Å². The Kier molecular flexibility index (Phi) is 7.79. The molecule has 22 heavy (non-hydrogen) atoms. The maximum atomic E-state index is 5.80. The summed E-state index contributed by atoms with van der Waals surface area (Å²) in [5.74, 6) is 1.96.